The van der Waals surface area contributed by atoms with Gasteiger partial charge in [-0.1, -0.05) is 0 Å². The average molecular weight is 326 g/mol. The molecule has 0 aliphatic rings. The number of hydrogen-bond acceptors (Lipinski definition) is 5. The number of hydrogen-bond donors (Lipinski definition) is 3. The third-order valence-electron chi connectivity index (χ3n) is 2.79. The van der Waals surface area contributed by atoms with Gasteiger partial charge in [0.15, 0.2) is 11.5 Å². The van der Waals surface area contributed by atoms with Gasteiger partial charge < -0.3 is 30.0 Å². The quantitative estimate of drug-likeness (QED) is 0.575. The molecule has 0 unspecified atom stereocenters. The number of nitrogens with one attached hydrogen (secondary N) is 2. The summed E-state index contributed by atoms with van der Waals surface area (Å²) in [6.45, 7) is 7.48. The Balaban J connectivity index is 2.96. The molecule has 0 atom stereocenters. The van der Waals surface area contributed by atoms with E-state index in [1.807, 2.05) is 20.8 Å². The van der Waals surface area contributed by atoms with E-state index in [1.54, 1.807) is 12.1 Å². The van der Waals surface area contributed by atoms with Crippen LogP contribution in [0.2, 0.25) is 0 Å². The number of rotatable bonds is 10. The Morgan fingerprint density at radius 1 is 1.04 bits per heavy atom. The Morgan fingerprint density at radius 3 is 2.09 bits per heavy atom. The number of ether oxygens (including phenoxy) is 3. The fraction of sp³-hybridized carbons (Fsp3) is 0.562. The molecule has 2 amide bonds. The minimum absolute atomic E-state index is 0.0340. The number of carbonyl (C=O) groups is 1. The molecule has 0 aromatic heterocycles. The number of urea groups is 1. The van der Waals surface area contributed by atoms with Gasteiger partial charge in [-0.05, 0) is 27.2 Å². The number of aliphatic hydroxyl groups is 1. The summed E-state index contributed by atoms with van der Waals surface area (Å²) in [6, 6.07) is 3.04. The Hall–Kier alpha value is -2.15. The molecule has 130 valence electrons. The first-order valence-electron chi connectivity index (χ1n) is 7.88. The van der Waals surface area contributed by atoms with Crippen molar-refractivity contribution in [2.24, 2.45) is 0 Å². The van der Waals surface area contributed by atoms with Gasteiger partial charge in [-0.25, -0.2) is 4.79 Å². The van der Waals surface area contributed by atoms with Crippen molar-refractivity contribution in [1.82, 2.24) is 5.32 Å². The summed E-state index contributed by atoms with van der Waals surface area (Å²) in [7, 11) is 0. The number of anilines is 1. The summed E-state index contributed by atoms with van der Waals surface area (Å²) in [5.41, 5.74) is 0.543. The molecular formula is C16H26N2O5. The van der Waals surface area contributed by atoms with Gasteiger partial charge >= 0.3 is 6.03 Å². The Morgan fingerprint density at radius 2 is 1.61 bits per heavy atom. The van der Waals surface area contributed by atoms with Gasteiger partial charge in [0.25, 0.3) is 0 Å². The van der Waals surface area contributed by atoms with Gasteiger partial charge in [0.2, 0.25) is 5.75 Å². The lowest BCUT2D eigenvalue weighted by Crippen LogP contribution is -2.29. The van der Waals surface area contributed by atoms with Gasteiger partial charge in [0.1, 0.15) is 0 Å². The summed E-state index contributed by atoms with van der Waals surface area (Å²) in [4.78, 5) is 11.8. The first-order chi connectivity index (χ1) is 11.2. The molecule has 23 heavy (non-hydrogen) atoms. The third-order valence-corrected chi connectivity index (χ3v) is 2.79. The van der Waals surface area contributed by atoms with Crippen LogP contribution in [0.1, 0.15) is 27.2 Å². The van der Waals surface area contributed by atoms with Crippen LogP contribution in [0.4, 0.5) is 10.5 Å². The van der Waals surface area contributed by atoms with Gasteiger partial charge in [-0.2, -0.15) is 0 Å². The zero-order valence-corrected chi connectivity index (χ0v) is 14.0. The molecule has 0 aliphatic carbocycles. The molecule has 0 bridgehead atoms. The topological polar surface area (TPSA) is 89.1 Å². The lowest BCUT2D eigenvalue weighted by atomic mass is 10.2. The second-order valence-corrected chi connectivity index (χ2v) is 4.56. The van der Waals surface area contributed by atoms with E-state index < -0.39 is 0 Å². The van der Waals surface area contributed by atoms with Crippen LogP contribution in [0.15, 0.2) is 12.1 Å². The second-order valence-electron chi connectivity index (χ2n) is 4.56. The molecule has 0 radical (unpaired) electrons. The first-order valence-corrected chi connectivity index (χ1v) is 7.88. The standard InChI is InChI=1S/C16H26N2O5/c1-4-21-13-10-12(18-16(20)17-8-7-9-19)11-14(22-5-2)15(13)23-6-3/h10-11,19H,4-9H2,1-3H3,(H2,17,18,20). The predicted molar refractivity (Wildman–Crippen MR) is 88.7 cm³/mol. The molecule has 7 heteroatoms. The maximum Gasteiger partial charge on any atom is 0.319 e. The van der Waals surface area contributed by atoms with Crippen molar-refractivity contribution in [2.75, 3.05) is 38.3 Å². The smallest absolute Gasteiger partial charge is 0.319 e. The number of amides is 2. The zero-order chi connectivity index (χ0) is 17.1. The van der Waals surface area contributed by atoms with Crippen molar-refractivity contribution in [1.29, 1.82) is 0 Å². The van der Waals surface area contributed by atoms with Crippen LogP contribution < -0.4 is 24.8 Å². The average Bonchev–Trinajstić information content (AvgIpc) is 2.51. The molecule has 0 saturated heterocycles. The van der Waals surface area contributed by atoms with Gasteiger partial charge in [0, 0.05) is 25.3 Å². The fourth-order valence-electron chi connectivity index (χ4n) is 1.92. The largest absolute Gasteiger partial charge is 0.490 e. The molecular weight excluding hydrogens is 300 g/mol. The molecule has 0 saturated carbocycles. The van der Waals surface area contributed by atoms with Gasteiger partial charge in [-0.3, -0.25) is 0 Å². The number of aliphatic hydroxyl groups excluding tert-OH is 1. The van der Waals surface area contributed by atoms with Crippen LogP contribution in [-0.2, 0) is 0 Å². The Bertz CT molecular complexity index is 466. The minimum Gasteiger partial charge on any atom is -0.490 e. The molecule has 0 fully saturated rings. The van der Waals surface area contributed by atoms with Crippen molar-refractivity contribution < 1.29 is 24.1 Å². The van der Waals surface area contributed by atoms with Crippen LogP contribution >= 0.6 is 0 Å². The van der Waals surface area contributed by atoms with E-state index in [0.717, 1.165) is 0 Å². The van der Waals surface area contributed by atoms with Crippen LogP contribution in [0.25, 0.3) is 0 Å². The highest BCUT2D eigenvalue weighted by atomic mass is 16.5. The van der Waals surface area contributed by atoms with E-state index >= 15 is 0 Å². The maximum atomic E-state index is 11.8. The molecule has 1 rings (SSSR count). The van der Waals surface area contributed by atoms with Crippen molar-refractivity contribution in [3.63, 3.8) is 0 Å². The molecule has 0 heterocycles. The maximum absolute atomic E-state index is 11.8. The van der Waals surface area contributed by atoms with Crippen LogP contribution in [0.5, 0.6) is 17.2 Å². The number of carbonyl (C=O) groups excluding carboxylic acids is 1. The van der Waals surface area contributed by atoms with Crippen LogP contribution in [0.3, 0.4) is 0 Å². The van der Waals surface area contributed by atoms with E-state index in [2.05, 4.69) is 10.6 Å². The molecule has 0 aliphatic heterocycles. The summed E-state index contributed by atoms with van der Waals surface area (Å²) >= 11 is 0. The van der Waals surface area contributed by atoms with Crippen LogP contribution in [-0.4, -0.2) is 44.1 Å². The Kier molecular flexibility index (Phi) is 8.67. The monoisotopic (exact) mass is 326 g/mol. The van der Waals surface area contributed by atoms with E-state index in [-0.39, 0.29) is 12.6 Å². The Labute approximate surface area is 136 Å². The van der Waals surface area contributed by atoms with E-state index in [0.29, 0.717) is 55.7 Å². The normalized spacial score (nSPS) is 10.1. The summed E-state index contributed by atoms with van der Waals surface area (Å²) < 4.78 is 16.8. The van der Waals surface area contributed by atoms with Crippen LogP contribution in [0, 0.1) is 0 Å². The van der Waals surface area contributed by atoms with E-state index in [4.69, 9.17) is 19.3 Å². The van der Waals surface area contributed by atoms with E-state index in [1.165, 1.54) is 0 Å². The van der Waals surface area contributed by atoms with Gasteiger partial charge in [-0.15, -0.1) is 0 Å². The molecule has 7 nitrogen and oxygen atoms in total. The summed E-state index contributed by atoms with van der Waals surface area (Å²) in [5.74, 6) is 1.57. The lowest BCUT2D eigenvalue weighted by Gasteiger charge is -2.17. The lowest BCUT2D eigenvalue weighted by molar-refractivity contribution is 0.248. The third kappa shape index (κ3) is 6.23. The van der Waals surface area contributed by atoms with Crippen molar-refractivity contribution in [3.05, 3.63) is 12.1 Å². The zero-order valence-electron chi connectivity index (χ0n) is 14.0. The molecule has 1 aromatic carbocycles. The highest BCUT2D eigenvalue weighted by Gasteiger charge is 2.16. The highest BCUT2D eigenvalue weighted by molar-refractivity contribution is 5.90. The molecule has 3 N–H and O–H groups in total. The predicted octanol–water partition coefficient (Wildman–Crippen LogP) is 2.39. The number of benzene rings is 1. The SMILES string of the molecule is CCOc1cc(NC(=O)NCCCO)cc(OCC)c1OCC. The molecule has 0 spiro atoms. The van der Waals surface area contributed by atoms with Gasteiger partial charge in [0.05, 0.1) is 25.5 Å². The molecule has 1 aromatic rings. The van der Waals surface area contributed by atoms with E-state index in [9.17, 15) is 4.79 Å². The van der Waals surface area contributed by atoms with Crippen molar-refractivity contribution in [2.45, 2.75) is 27.2 Å². The first kappa shape index (κ1) is 18.9. The fourth-order valence-corrected chi connectivity index (χ4v) is 1.92. The highest BCUT2D eigenvalue weighted by Crippen LogP contribution is 2.40. The second kappa shape index (κ2) is 10.6. The summed E-state index contributed by atoms with van der Waals surface area (Å²) in [5, 5.41) is 14.1. The van der Waals surface area contributed by atoms with Crippen molar-refractivity contribution in [3.8, 4) is 17.2 Å². The van der Waals surface area contributed by atoms with Crippen molar-refractivity contribution >= 4 is 11.7 Å². The summed E-state index contributed by atoms with van der Waals surface area (Å²) in [6.07, 6.45) is 0.505. The minimum atomic E-state index is -0.354.